The summed E-state index contributed by atoms with van der Waals surface area (Å²) in [5.41, 5.74) is 0.442. The van der Waals surface area contributed by atoms with Gasteiger partial charge >= 0.3 is 0 Å². The fraction of sp³-hybridized carbons (Fsp3) is 0.500. The lowest BCUT2D eigenvalue weighted by molar-refractivity contribution is -0.120. The van der Waals surface area contributed by atoms with Crippen molar-refractivity contribution in [2.45, 2.75) is 6.42 Å². The van der Waals surface area contributed by atoms with E-state index in [4.69, 9.17) is 16.3 Å². The van der Waals surface area contributed by atoms with Crippen molar-refractivity contribution in [2.75, 3.05) is 45.9 Å². The normalized spacial score (nSPS) is 15.2. The highest BCUT2D eigenvalue weighted by Crippen LogP contribution is 2.10. The number of amides is 2. The molecular weight excluding hydrogens is 318 g/mol. The summed E-state index contributed by atoms with van der Waals surface area (Å²) in [5.74, 6) is -0.502. The van der Waals surface area contributed by atoms with Crippen LogP contribution in [0.1, 0.15) is 16.8 Å². The van der Waals surface area contributed by atoms with E-state index in [1.165, 1.54) is 0 Å². The second kappa shape index (κ2) is 9.50. The van der Waals surface area contributed by atoms with Crippen LogP contribution in [0.15, 0.2) is 24.3 Å². The number of hydrogen-bond acceptors (Lipinski definition) is 4. The zero-order chi connectivity index (χ0) is 16.5. The van der Waals surface area contributed by atoms with Crippen molar-refractivity contribution < 1.29 is 14.3 Å². The number of ether oxygens (including phenoxy) is 1. The van der Waals surface area contributed by atoms with Crippen molar-refractivity contribution in [3.8, 4) is 0 Å². The largest absolute Gasteiger partial charge is 0.379 e. The van der Waals surface area contributed by atoms with Crippen LogP contribution >= 0.6 is 11.6 Å². The molecule has 0 aromatic heterocycles. The van der Waals surface area contributed by atoms with E-state index in [0.717, 1.165) is 39.3 Å². The van der Waals surface area contributed by atoms with E-state index in [1.54, 1.807) is 24.3 Å². The molecule has 23 heavy (non-hydrogen) atoms. The first-order valence-corrected chi connectivity index (χ1v) is 8.13. The second-order valence-corrected chi connectivity index (χ2v) is 5.79. The van der Waals surface area contributed by atoms with E-state index in [1.807, 2.05) is 0 Å². The molecule has 7 heteroatoms. The molecule has 126 valence electrons. The third-order valence-electron chi connectivity index (χ3n) is 3.57. The average Bonchev–Trinajstić information content (AvgIpc) is 2.57. The predicted octanol–water partition coefficient (Wildman–Crippen LogP) is 0.908. The standard InChI is InChI=1S/C16H22ClN3O3/c17-14-4-1-3-13(11-14)16(22)19-12-15(21)18-5-2-6-20-7-9-23-10-8-20/h1,3-4,11H,2,5-10,12H2,(H,18,21)(H,19,22). The highest BCUT2D eigenvalue weighted by molar-refractivity contribution is 6.30. The number of nitrogens with one attached hydrogen (secondary N) is 2. The summed E-state index contributed by atoms with van der Waals surface area (Å²) in [6.07, 6.45) is 0.883. The molecule has 1 heterocycles. The van der Waals surface area contributed by atoms with E-state index >= 15 is 0 Å². The molecule has 2 rings (SSSR count). The van der Waals surface area contributed by atoms with Crippen LogP contribution in [0.4, 0.5) is 0 Å². The predicted molar refractivity (Wildman–Crippen MR) is 88.7 cm³/mol. The van der Waals surface area contributed by atoms with Crippen LogP contribution in [0.2, 0.25) is 5.02 Å². The molecular formula is C16H22ClN3O3. The minimum atomic E-state index is -0.309. The third-order valence-corrected chi connectivity index (χ3v) is 3.81. The third kappa shape index (κ3) is 6.56. The molecule has 0 atom stereocenters. The number of hydrogen-bond donors (Lipinski definition) is 2. The van der Waals surface area contributed by atoms with Crippen molar-refractivity contribution in [1.82, 2.24) is 15.5 Å². The molecule has 1 aromatic carbocycles. The Bertz CT molecular complexity index is 533. The van der Waals surface area contributed by atoms with Gasteiger partial charge < -0.3 is 15.4 Å². The molecule has 6 nitrogen and oxygen atoms in total. The fourth-order valence-corrected chi connectivity index (χ4v) is 2.50. The van der Waals surface area contributed by atoms with Crippen LogP contribution in [0.25, 0.3) is 0 Å². The minimum absolute atomic E-state index is 0.0388. The average molecular weight is 340 g/mol. The summed E-state index contributed by atoms with van der Waals surface area (Å²) in [5, 5.41) is 5.87. The summed E-state index contributed by atoms with van der Waals surface area (Å²) in [6, 6.07) is 6.61. The van der Waals surface area contributed by atoms with E-state index in [9.17, 15) is 9.59 Å². The van der Waals surface area contributed by atoms with Gasteiger partial charge in [-0.2, -0.15) is 0 Å². The lowest BCUT2D eigenvalue weighted by Gasteiger charge is -2.26. The maximum atomic E-state index is 11.9. The molecule has 1 saturated heterocycles. The van der Waals surface area contributed by atoms with Crippen LogP contribution in [0.3, 0.4) is 0 Å². The van der Waals surface area contributed by atoms with Gasteiger partial charge in [-0.3, -0.25) is 14.5 Å². The van der Waals surface area contributed by atoms with Crippen molar-refractivity contribution >= 4 is 23.4 Å². The van der Waals surface area contributed by atoms with E-state index < -0.39 is 0 Å². The van der Waals surface area contributed by atoms with Crippen molar-refractivity contribution in [1.29, 1.82) is 0 Å². The molecule has 1 aliphatic heterocycles. The van der Waals surface area contributed by atoms with Crippen molar-refractivity contribution in [3.63, 3.8) is 0 Å². The van der Waals surface area contributed by atoms with Gasteiger partial charge in [0.25, 0.3) is 5.91 Å². The Morgan fingerprint density at radius 2 is 2.00 bits per heavy atom. The van der Waals surface area contributed by atoms with Crippen LogP contribution in [-0.2, 0) is 9.53 Å². The zero-order valence-corrected chi connectivity index (χ0v) is 13.8. The molecule has 2 amide bonds. The Morgan fingerprint density at radius 1 is 1.22 bits per heavy atom. The topological polar surface area (TPSA) is 70.7 Å². The number of rotatable bonds is 7. The monoisotopic (exact) mass is 339 g/mol. The first-order valence-electron chi connectivity index (χ1n) is 7.76. The molecule has 1 aromatic rings. The number of benzene rings is 1. The smallest absolute Gasteiger partial charge is 0.251 e. The van der Waals surface area contributed by atoms with E-state index in [0.29, 0.717) is 17.1 Å². The molecule has 0 saturated carbocycles. The molecule has 0 bridgehead atoms. The van der Waals surface area contributed by atoms with Crippen LogP contribution < -0.4 is 10.6 Å². The number of morpholine rings is 1. The summed E-state index contributed by atoms with van der Waals surface area (Å²) < 4.78 is 5.28. The Morgan fingerprint density at radius 3 is 2.74 bits per heavy atom. The molecule has 0 aliphatic carbocycles. The van der Waals surface area contributed by atoms with E-state index in [-0.39, 0.29) is 18.4 Å². The quantitative estimate of drug-likeness (QED) is 0.724. The summed E-state index contributed by atoms with van der Waals surface area (Å²) in [4.78, 5) is 25.9. The Kier molecular flexibility index (Phi) is 7.32. The maximum absolute atomic E-state index is 11.9. The molecule has 0 radical (unpaired) electrons. The van der Waals surface area contributed by atoms with Crippen LogP contribution in [-0.4, -0.2) is 62.7 Å². The zero-order valence-electron chi connectivity index (χ0n) is 13.0. The van der Waals surface area contributed by atoms with Gasteiger partial charge in [0.15, 0.2) is 0 Å². The fourth-order valence-electron chi connectivity index (χ4n) is 2.31. The number of halogens is 1. The van der Waals surface area contributed by atoms with E-state index in [2.05, 4.69) is 15.5 Å². The van der Waals surface area contributed by atoms with Gasteiger partial charge in [0.2, 0.25) is 5.91 Å². The summed E-state index contributed by atoms with van der Waals surface area (Å²) >= 11 is 5.83. The van der Waals surface area contributed by atoms with Gasteiger partial charge in [-0.15, -0.1) is 0 Å². The molecule has 1 aliphatic rings. The molecule has 0 spiro atoms. The van der Waals surface area contributed by atoms with Gasteiger partial charge in [-0.1, -0.05) is 17.7 Å². The van der Waals surface area contributed by atoms with Gasteiger partial charge in [-0.05, 0) is 31.2 Å². The van der Waals surface area contributed by atoms with Gasteiger partial charge in [0.1, 0.15) is 0 Å². The second-order valence-electron chi connectivity index (χ2n) is 5.35. The lowest BCUT2D eigenvalue weighted by Crippen LogP contribution is -2.40. The van der Waals surface area contributed by atoms with Gasteiger partial charge in [0, 0.05) is 30.2 Å². The molecule has 0 unspecified atom stereocenters. The SMILES string of the molecule is O=C(CNC(=O)c1cccc(Cl)c1)NCCCN1CCOCC1. The molecule has 1 fully saturated rings. The highest BCUT2D eigenvalue weighted by Gasteiger charge is 2.10. The van der Waals surface area contributed by atoms with Gasteiger partial charge in [0.05, 0.1) is 19.8 Å². The number of carbonyl (C=O) groups is 2. The summed E-state index contributed by atoms with van der Waals surface area (Å²) in [7, 11) is 0. The Balaban J connectivity index is 1.58. The van der Waals surface area contributed by atoms with Crippen LogP contribution in [0, 0.1) is 0 Å². The summed E-state index contributed by atoms with van der Waals surface area (Å²) in [6.45, 7) is 4.96. The first-order chi connectivity index (χ1) is 11.1. The minimum Gasteiger partial charge on any atom is -0.379 e. The maximum Gasteiger partial charge on any atom is 0.251 e. The lowest BCUT2D eigenvalue weighted by atomic mass is 10.2. The number of carbonyl (C=O) groups excluding carboxylic acids is 2. The highest BCUT2D eigenvalue weighted by atomic mass is 35.5. The first kappa shape index (κ1) is 17.7. The molecule has 2 N–H and O–H groups in total. The van der Waals surface area contributed by atoms with Gasteiger partial charge in [-0.25, -0.2) is 0 Å². The Hall–Kier alpha value is -1.63. The van der Waals surface area contributed by atoms with Crippen LogP contribution in [0.5, 0.6) is 0 Å². The number of nitrogens with zero attached hydrogens (tertiary/aromatic N) is 1. The van der Waals surface area contributed by atoms with Crippen molar-refractivity contribution in [2.24, 2.45) is 0 Å². The van der Waals surface area contributed by atoms with Crippen molar-refractivity contribution in [3.05, 3.63) is 34.9 Å². The Labute approximate surface area is 141 Å².